The molecular formula is C16H30O7. The van der Waals surface area contributed by atoms with E-state index in [0.717, 1.165) is 0 Å². The molecule has 0 amide bonds. The summed E-state index contributed by atoms with van der Waals surface area (Å²) in [7, 11) is 0. The quantitative estimate of drug-likeness (QED) is 0.503. The van der Waals surface area contributed by atoms with Crippen molar-refractivity contribution < 1.29 is 33.3 Å². The van der Waals surface area contributed by atoms with Gasteiger partial charge < -0.3 is 23.7 Å². The van der Waals surface area contributed by atoms with E-state index in [9.17, 15) is 9.59 Å². The van der Waals surface area contributed by atoms with Crippen molar-refractivity contribution in [2.45, 2.75) is 66.0 Å². The van der Waals surface area contributed by atoms with Crippen molar-refractivity contribution >= 4 is 11.9 Å². The van der Waals surface area contributed by atoms with Crippen molar-refractivity contribution in [1.29, 1.82) is 0 Å². The van der Waals surface area contributed by atoms with Crippen LogP contribution < -0.4 is 0 Å². The van der Waals surface area contributed by atoms with Crippen molar-refractivity contribution in [2.75, 3.05) is 26.4 Å². The van der Waals surface area contributed by atoms with E-state index >= 15 is 0 Å². The molecule has 7 heteroatoms. The van der Waals surface area contributed by atoms with Crippen LogP contribution in [-0.4, -0.2) is 62.8 Å². The summed E-state index contributed by atoms with van der Waals surface area (Å²) in [5.74, 6) is -0.641. The van der Waals surface area contributed by atoms with Gasteiger partial charge in [0.1, 0.15) is 12.7 Å². The van der Waals surface area contributed by atoms with E-state index in [4.69, 9.17) is 23.7 Å². The van der Waals surface area contributed by atoms with Gasteiger partial charge in [-0.25, -0.2) is 0 Å². The number of carbonyl (C=O) groups excluding carboxylic acids is 2. The average Bonchev–Trinajstić information content (AvgIpc) is 2.45. The molecule has 0 rings (SSSR count). The molecule has 0 N–H and O–H groups in total. The number of carbonyl (C=O) groups is 2. The highest BCUT2D eigenvalue weighted by atomic mass is 16.6. The lowest BCUT2D eigenvalue weighted by molar-refractivity contribution is -0.150. The fourth-order valence-electron chi connectivity index (χ4n) is 1.60. The van der Waals surface area contributed by atoms with Crippen molar-refractivity contribution in [3.05, 3.63) is 0 Å². The normalized spacial score (nSPS) is 16.3. The van der Waals surface area contributed by atoms with Crippen molar-refractivity contribution in [3.8, 4) is 0 Å². The van der Waals surface area contributed by atoms with Gasteiger partial charge in [0, 0.05) is 13.8 Å². The second kappa shape index (κ2) is 12.3. The van der Waals surface area contributed by atoms with Crippen LogP contribution in [0.1, 0.15) is 41.5 Å². The molecule has 0 bridgehead atoms. The molecule has 7 nitrogen and oxygen atoms in total. The van der Waals surface area contributed by atoms with Crippen molar-refractivity contribution in [3.63, 3.8) is 0 Å². The first-order valence-electron chi connectivity index (χ1n) is 7.86. The molecule has 0 aromatic rings. The van der Waals surface area contributed by atoms with Gasteiger partial charge in [-0.3, -0.25) is 9.59 Å². The standard InChI is InChI=1S/C16H30O7/c1-11(7-20-13(3)9-22-15(5)17)19-8-12(2)21-10-14(4)23-16(6)18/h11-14H,7-10H2,1-6H3. The molecule has 0 aliphatic rings. The third kappa shape index (κ3) is 14.2. The third-order valence-corrected chi connectivity index (χ3v) is 2.73. The fraction of sp³-hybridized carbons (Fsp3) is 0.875. The maximum atomic E-state index is 10.8. The number of esters is 2. The lowest BCUT2D eigenvalue weighted by Gasteiger charge is -2.21. The monoisotopic (exact) mass is 334 g/mol. The SMILES string of the molecule is CC(=O)OCC(C)OCC(C)OCC(C)OCC(C)OC(C)=O. The number of hydrogen-bond donors (Lipinski definition) is 0. The minimum Gasteiger partial charge on any atom is -0.463 e. The lowest BCUT2D eigenvalue weighted by Crippen LogP contribution is -2.28. The smallest absolute Gasteiger partial charge is 0.302 e. The number of ether oxygens (including phenoxy) is 5. The molecule has 0 fully saturated rings. The molecule has 4 unspecified atom stereocenters. The highest BCUT2D eigenvalue weighted by Crippen LogP contribution is 2.02. The predicted molar refractivity (Wildman–Crippen MR) is 84.1 cm³/mol. The largest absolute Gasteiger partial charge is 0.463 e. The van der Waals surface area contributed by atoms with E-state index in [-0.39, 0.29) is 43.0 Å². The van der Waals surface area contributed by atoms with E-state index < -0.39 is 0 Å². The summed E-state index contributed by atoms with van der Waals surface area (Å²) >= 11 is 0. The topological polar surface area (TPSA) is 80.3 Å². The van der Waals surface area contributed by atoms with E-state index in [1.807, 2.05) is 20.8 Å². The van der Waals surface area contributed by atoms with E-state index in [2.05, 4.69) is 0 Å². The van der Waals surface area contributed by atoms with Gasteiger partial charge in [0.25, 0.3) is 0 Å². The number of hydrogen-bond acceptors (Lipinski definition) is 7. The van der Waals surface area contributed by atoms with Gasteiger partial charge in [0.15, 0.2) is 0 Å². The Bertz CT molecular complexity index is 345. The Labute approximate surface area is 138 Å². The maximum absolute atomic E-state index is 10.8. The Kier molecular flexibility index (Phi) is 11.6. The summed E-state index contributed by atoms with van der Waals surface area (Å²) in [4.78, 5) is 21.5. The van der Waals surface area contributed by atoms with E-state index in [0.29, 0.717) is 19.8 Å². The summed E-state index contributed by atoms with van der Waals surface area (Å²) in [5.41, 5.74) is 0. The second-order valence-corrected chi connectivity index (χ2v) is 5.65. The molecule has 23 heavy (non-hydrogen) atoms. The van der Waals surface area contributed by atoms with Gasteiger partial charge in [-0.1, -0.05) is 0 Å². The second-order valence-electron chi connectivity index (χ2n) is 5.65. The minimum absolute atomic E-state index is 0.105. The molecule has 136 valence electrons. The molecule has 0 radical (unpaired) electrons. The lowest BCUT2D eigenvalue weighted by atomic mass is 10.3. The first-order valence-corrected chi connectivity index (χ1v) is 7.86. The average molecular weight is 334 g/mol. The van der Waals surface area contributed by atoms with Gasteiger partial charge in [0.2, 0.25) is 0 Å². The molecule has 0 heterocycles. The summed E-state index contributed by atoms with van der Waals surface area (Å²) in [6.45, 7) is 11.5. The van der Waals surface area contributed by atoms with E-state index in [1.165, 1.54) is 13.8 Å². The van der Waals surface area contributed by atoms with Crippen LogP contribution in [0.4, 0.5) is 0 Å². The Hall–Kier alpha value is -1.18. The van der Waals surface area contributed by atoms with Gasteiger partial charge in [-0.05, 0) is 27.7 Å². The Morgan fingerprint density at radius 1 is 0.652 bits per heavy atom. The van der Waals surface area contributed by atoms with Crippen LogP contribution in [0.15, 0.2) is 0 Å². The summed E-state index contributed by atoms with van der Waals surface area (Å²) < 4.78 is 26.5. The molecule has 0 aliphatic heterocycles. The summed E-state index contributed by atoms with van der Waals surface area (Å²) in [5, 5.41) is 0. The van der Waals surface area contributed by atoms with Gasteiger partial charge in [-0.2, -0.15) is 0 Å². The van der Waals surface area contributed by atoms with Gasteiger partial charge >= 0.3 is 11.9 Å². The maximum Gasteiger partial charge on any atom is 0.302 e. The van der Waals surface area contributed by atoms with Crippen LogP contribution in [0.5, 0.6) is 0 Å². The van der Waals surface area contributed by atoms with Crippen LogP contribution in [0, 0.1) is 0 Å². The molecule has 0 spiro atoms. The van der Waals surface area contributed by atoms with Crippen molar-refractivity contribution in [1.82, 2.24) is 0 Å². The Balaban J connectivity index is 3.72. The summed E-state index contributed by atoms with van der Waals surface area (Å²) in [6, 6.07) is 0. The molecule has 0 saturated carbocycles. The molecule has 0 aliphatic carbocycles. The zero-order valence-corrected chi connectivity index (χ0v) is 15.0. The molecular weight excluding hydrogens is 304 g/mol. The Morgan fingerprint density at radius 3 is 1.43 bits per heavy atom. The highest BCUT2D eigenvalue weighted by molar-refractivity contribution is 5.66. The number of rotatable bonds is 12. The molecule has 0 saturated heterocycles. The van der Waals surface area contributed by atoms with Gasteiger partial charge in [0.05, 0.1) is 38.1 Å². The fourth-order valence-corrected chi connectivity index (χ4v) is 1.60. The zero-order chi connectivity index (χ0) is 17.8. The molecule has 0 aromatic carbocycles. The zero-order valence-electron chi connectivity index (χ0n) is 15.0. The van der Waals surface area contributed by atoms with Gasteiger partial charge in [-0.15, -0.1) is 0 Å². The summed E-state index contributed by atoms with van der Waals surface area (Å²) in [6.07, 6.45) is -0.679. The third-order valence-electron chi connectivity index (χ3n) is 2.73. The van der Waals surface area contributed by atoms with E-state index in [1.54, 1.807) is 6.92 Å². The van der Waals surface area contributed by atoms with Crippen LogP contribution in [0.2, 0.25) is 0 Å². The molecule has 0 aromatic heterocycles. The first-order chi connectivity index (χ1) is 10.7. The first kappa shape index (κ1) is 21.8. The van der Waals surface area contributed by atoms with Crippen molar-refractivity contribution in [2.24, 2.45) is 0 Å². The Morgan fingerprint density at radius 2 is 1.04 bits per heavy atom. The van der Waals surface area contributed by atoms with Crippen LogP contribution in [0.3, 0.4) is 0 Å². The minimum atomic E-state index is -0.321. The predicted octanol–water partition coefficient (Wildman–Crippen LogP) is 1.72. The highest BCUT2D eigenvalue weighted by Gasteiger charge is 2.12. The van der Waals surface area contributed by atoms with Crippen LogP contribution in [0.25, 0.3) is 0 Å². The molecule has 4 atom stereocenters. The van der Waals surface area contributed by atoms with Crippen LogP contribution in [-0.2, 0) is 33.3 Å². The van der Waals surface area contributed by atoms with Crippen LogP contribution >= 0.6 is 0 Å².